The number of fused-ring (bicyclic) bond motifs is 1. The maximum atomic E-state index is 6.09. The molecule has 1 atom stereocenters. The average Bonchev–Trinajstić information content (AvgIpc) is 2.92. The lowest BCUT2D eigenvalue weighted by Crippen LogP contribution is -2.26. The molecule has 7 N–H and O–H groups in total. The molecule has 0 aliphatic rings. The van der Waals surface area contributed by atoms with E-state index in [2.05, 4.69) is 20.3 Å². The maximum absolute atomic E-state index is 6.09. The molecule has 0 fully saturated rings. The summed E-state index contributed by atoms with van der Waals surface area (Å²) in [7, 11) is 3.51. The molecule has 3 aromatic rings. The molecule has 0 radical (unpaired) electrons. The number of nitrogen functional groups attached to an aromatic ring is 2. The summed E-state index contributed by atoms with van der Waals surface area (Å²) in [6.45, 7) is 2.45. The summed E-state index contributed by atoms with van der Waals surface area (Å²) in [5, 5.41) is 3.08. The number of methoxy groups -OCH3 is 1. The monoisotopic (exact) mass is 356 g/mol. The zero-order valence-corrected chi connectivity index (χ0v) is 15.2. The molecule has 9 nitrogen and oxygen atoms in total. The Morgan fingerprint density at radius 2 is 2.00 bits per heavy atom. The molecule has 0 amide bonds. The average molecular weight is 356 g/mol. The molecule has 2 heterocycles. The number of nitrogens with one attached hydrogen (secondary N) is 1. The van der Waals surface area contributed by atoms with Gasteiger partial charge >= 0.3 is 0 Å². The van der Waals surface area contributed by atoms with E-state index in [0.717, 1.165) is 17.1 Å². The zero-order chi connectivity index (χ0) is 18.8. The van der Waals surface area contributed by atoms with Gasteiger partial charge in [-0.15, -0.1) is 0 Å². The lowest BCUT2D eigenvalue weighted by Gasteiger charge is -2.09. The quantitative estimate of drug-likeness (QED) is 0.477. The SMILES string of the molecule is COc1ccc(N)c(Cc2nc3c(N)nc(NCC(C)N)nc3n2C)c1. The highest BCUT2D eigenvalue weighted by molar-refractivity contribution is 5.83. The number of nitrogens with zero attached hydrogens (tertiary/aromatic N) is 4. The van der Waals surface area contributed by atoms with E-state index in [1.807, 2.05) is 36.7 Å². The Bertz CT molecular complexity index is 934. The topological polar surface area (TPSA) is 143 Å². The molecule has 1 unspecified atom stereocenters. The van der Waals surface area contributed by atoms with Crippen LogP contribution in [0.15, 0.2) is 18.2 Å². The fourth-order valence-corrected chi connectivity index (χ4v) is 2.65. The van der Waals surface area contributed by atoms with Gasteiger partial charge in [0.25, 0.3) is 0 Å². The van der Waals surface area contributed by atoms with Crippen molar-refractivity contribution in [2.24, 2.45) is 12.8 Å². The number of benzene rings is 1. The molecule has 0 saturated carbocycles. The van der Waals surface area contributed by atoms with Crippen molar-refractivity contribution in [3.05, 3.63) is 29.6 Å². The van der Waals surface area contributed by atoms with Gasteiger partial charge in [-0.25, -0.2) is 4.98 Å². The Labute approximate surface area is 151 Å². The van der Waals surface area contributed by atoms with Gasteiger partial charge in [-0.1, -0.05) is 0 Å². The number of hydrogen-bond donors (Lipinski definition) is 4. The standard InChI is InChI=1S/C17H24N8O/c1-9(18)8-21-17-23-15(20)14-16(24-17)25(2)13(22-14)7-10-6-11(26-3)4-5-12(10)19/h4-6,9H,7-8,18-19H2,1-3H3,(H3,20,21,23,24). The van der Waals surface area contributed by atoms with E-state index in [1.54, 1.807) is 7.11 Å². The van der Waals surface area contributed by atoms with E-state index in [1.165, 1.54) is 0 Å². The minimum Gasteiger partial charge on any atom is -0.497 e. The Kier molecular flexibility index (Phi) is 4.81. The molecule has 0 spiro atoms. The number of nitrogens with two attached hydrogens (primary N) is 3. The van der Waals surface area contributed by atoms with Gasteiger partial charge in [0.05, 0.1) is 7.11 Å². The van der Waals surface area contributed by atoms with Crippen molar-refractivity contribution in [3.8, 4) is 5.75 Å². The van der Waals surface area contributed by atoms with Crippen molar-refractivity contribution >= 4 is 28.6 Å². The van der Waals surface area contributed by atoms with Crippen molar-refractivity contribution < 1.29 is 4.74 Å². The van der Waals surface area contributed by atoms with E-state index in [9.17, 15) is 0 Å². The second kappa shape index (κ2) is 7.04. The normalized spacial score (nSPS) is 12.3. The third-order valence-electron chi connectivity index (χ3n) is 4.12. The van der Waals surface area contributed by atoms with Gasteiger partial charge < -0.3 is 31.8 Å². The smallest absolute Gasteiger partial charge is 0.226 e. The number of aromatic nitrogens is 4. The molecule has 0 aliphatic heterocycles. The van der Waals surface area contributed by atoms with Crippen LogP contribution in [0, 0.1) is 0 Å². The van der Waals surface area contributed by atoms with E-state index >= 15 is 0 Å². The summed E-state index contributed by atoms with van der Waals surface area (Å²) in [5.41, 5.74) is 20.7. The number of aryl methyl sites for hydroxylation is 1. The van der Waals surface area contributed by atoms with Crippen molar-refractivity contribution in [1.29, 1.82) is 0 Å². The molecule has 1 aromatic carbocycles. The Balaban J connectivity index is 1.97. The highest BCUT2D eigenvalue weighted by atomic mass is 16.5. The minimum atomic E-state index is -0.0198. The molecule has 0 saturated heterocycles. The number of anilines is 3. The fourth-order valence-electron chi connectivity index (χ4n) is 2.65. The predicted molar refractivity (Wildman–Crippen MR) is 103 cm³/mol. The lowest BCUT2D eigenvalue weighted by atomic mass is 10.1. The molecular formula is C17H24N8O. The summed E-state index contributed by atoms with van der Waals surface area (Å²) in [6.07, 6.45) is 0.526. The second-order valence-corrected chi connectivity index (χ2v) is 6.29. The van der Waals surface area contributed by atoms with E-state index in [0.29, 0.717) is 41.6 Å². The summed E-state index contributed by atoms with van der Waals surface area (Å²) in [5.74, 6) is 2.28. The number of rotatable bonds is 6. The van der Waals surface area contributed by atoms with E-state index < -0.39 is 0 Å². The van der Waals surface area contributed by atoms with Crippen molar-refractivity contribution in [3.63, 3.8) is 0 Å². The Hall–Kier alpha value is -3.07. The molecular weight excluding hydrogens is 332 g/mol. The first kappa shape index (κ1) is 17.7. The van der Waals surface area contributed by atoms with Gasteiger partial charge in [-0.05, 0) is 30.7 Å². The van der Waals surface area contributed by atoms with Gasteiger partial charge in [0.15, 0.2) is 17.0 Å². The molecule has 0 bridgehead atoms. The molecule has 0 aliphatic carbocycles. The molecule has 26 heavy (non-hydrogen) atoms. The number of hydrogen-bond acceptors (Lipinski definition) is 8. The zero-order valence-electron chi connectivity index (χ0n) is 15.2. The summed E-state index contributed by atoms with van der Waals surface area (Å²) >= 11 is 0. The van der Waals surface area contributed by atoms with Crippen LogP contribution in [0.5, 0.6) is 5.75 Å². The molecule has 2 aromatic heterocycles. The third kappa shape index (κ3) is 3.47. The predicted octanol–water partition coefficient (Wildman–Crippen LogP) is 0.886. The van der Waals surface area contributed by atoms with Gasteiger partial charge in [0.2, 0.25) is 5.95 Å². The van der Waals surface area contributed by atoms with Crippen LogP contribution < -0.4 is 27.3 Å². The van der Waals surface area contributed by atoms with Crippen molar-refractivity contribution in [1.82, 2.24) is 19.5 Å². The summed E-state index contributed by atoms with van der Waals surface area (Å²) < 4.78 is 7.17. The third-order valence-corrected chi connectivity index (χ3v) is 4.12. The molecule has 9 heteroatoms. The van der Waals surface area contributed by atoms with E-state index in [-0.39, 0.29) is 6.04 Å². The molecule has 3 rings (SSSR count). The second-order valence-electron chi connectivity index (χ2n) is 6.29. The van der Waals surface area contributed by atoms with Gasteiger partial charge in [-0.3, -0.25) is 0 Å². The Morgan fingerprint density at radius 3 is 2.69 bits per heavy atom. The first-order valence-corrected chi connectivity index (χ1v) is 8.29. The summed E-state index contributed by atoms with van der Waals surface area (Å²) in [6, 6.07) is 5.53. The number of imidazole rings is 1. The number of ether oxygens (including phenoxy) is 1. The van der Waals surface area contributed by atoms with Crippen LogP contribution in [0.25, 0.3) is 11.2 Å². The minimum absolute atomic E-state index is 0.0198. The van der Waals surface area contributed by atoms with Crippen LogP contribution in [0.4, 0.5) is 17.5 Å². The van der Waals surface area contributed by atoms with Gasteiger partial charge in [0.1, 0.15) is 11.6 Å². The van der Waals surface area contributed by atoms with Crippen LogP contribution in [-0.4, -0.2) is 39.2 Å². The van der Waals surface area contributed by atoms with Crippen molar-refractivity contribution in [2.75, 3.05) is 30.4 Å². The fraction of sp³-hybridized carbons (Fsp3) is 0.353. The van der Waals surface area contributed by atoms with Crippen LogP contribution in [-0.2, 0) is 13.5 Å². The molecule has 138 valence electrons. The first-order chi connectivity index (χ1) is 12.4. The van der Waals surface area contributed by atoms with Crippen LogP contribution in [0.2, 0.25) is 0 Å². The van der Waals surface area contributed by atoms with E-state index in [4.69, 9.17) is 21.9 Å². The highest BCUT2D eigenvalue weighted by Gasteiger charge is 2.16. The van der Waals surface area contributed by atoms with Gasteiger partial charge in [-0.2, -0.15) is 9.97 Å². The van der Waals surface area contributed by atoms with Gasteiger partial charge in [0, 0.05) is 31.7 Å². The van der Waals surface area contributed by atoms with Crippen LogP contribution in [0.3, 0.4) is 0 Å². The van der Waals surface area contributed by atoms with Crippen LogP contribution in [0.1, 0.15) is 18.3 Å². The largest absolute Gasteiger partial charge is 0.497 e. The highest BCUT2D eigenvalue weighted by Crippen LogP contribution is 2.25. The first-order valence-electron chi connectivity index (χ1n) is 8.29. The lowest BCUT2D eigenvalue weighted by molar-refractivity contribution is 0.414. The van der Waals surface area contributed by atoms with Crippen LogP contribution >= 0.6 is 0 Å². The summed E-state index contributed by atoms with van der Waals surface area (Å²) in [4.78, 5) is 13.4. The maximum Gasteiger partial charge on any atom is 0.226 e. The Morgan fingerprint density at radius 1 is 1.23 bits per heavy atom. The van der Waals surface area contributed by atoms with Crippen molar-refractivity contribution in [2.45, 2.75) is 19.4 Å².